The summed E-state index contributed by atoms with van der Waals surface area (Å²) in [5.74, 6) is 1.26. The normalized spacial score (nSPS) is 10.6. The van der Waals surface area contributed by atoms with Crippen LogP contribution in [-0.2, 0) is 6.42 Å². The molecule has 0 saturated carbocycles. The molecular formula is C12H14N2O2. The van der Waals surface area contributed by atoms with Gasteiger partial charge in [0.1, 0.15) is 5.75 Å². The summed E-state index contributed by atoms with van der Waals surface area (Å²) in [7, 11) is 0. The minimum Gasteiger partial charge on any atom is -0.507 e. The predicted octanol–water partition coefficient (Wildman–Crippen LogP) is 2.70. The van der Waals surface area contributed by atoms with Crippen LogP contribution in [0.25, 0.3) is 11.5 Å². The summed E-state index contributed by atoms with van der Waals surface area (Å²) in [6.07, 6.45) is 1.76. The van der Waals surface area contributed by atoms with Crippen LogP contribution in [0.2, 0.25) is 0 Å². The van der Waals surface area contributed by atoms with Crippen molar-refractivity contribution in [1.82, 2.24) is 10.1 Å². The molecule has 0 aliphatic carbocycles. The lowest BCUT2D eigenvalue weighted by Gasteiger charge is -2.01. The number of hydrogen-bond donors (Lipinski definition) is 1. The number of nitrogens with zero attached hydrogens (tertiary/aromatic N) is 2. The van der Waals surface area contributed by atoms with Gasteiger partial charge in [-0.2, -0.15) is 4.98 Å². The molecule has 0 amide bonds. The van der Waals surface area contributed by atoms with Gasteiger partial charge in [-0.1, -0.05) is 24.2 Å². The van der Waals surface area contributed by atoms with Crippen molar-refractivity contribution in [3.05, 3.63) is 29.6 Å². The third-order valence-corrected chi connectivity index (χ3v) is 2.41. The summed E-state index contributed by atoms with van der Waals surface area (Å²) in [5.41, 5.74) is 1.39. The smallest absolute Gasteiger partial charge is 0.261 e. The number of hydrogen-bond acceptors (Lipinski definition) is 4. The molecular weight excluding hydrogens is 204 g/mol. The van der Waals surface area contributed by atoms with E-state index in [-0.39, 0.29) is 5.75 Å². The van der Waals surface area contributed by atoms with Crippen molar-refractivity contribution in [2.24, 2.45) is 0 Å². The van der Waals surface area contributed by atoms with Gasteiger partial charge in [-0.3, -0.25) is 0 Å². The fourth-order valence-corrected chi connectivity index (χ4v) is 1.52. The van der Waals surface area contributed by atoms with Crippen molar-refractivity contribution >= 4 is 0 Å². The Kier molecular flexibility index (Phi) is 2.90. The van der Waals surface area contributed by atoms with Gasteiger partial charge in [0.15, 0.2) is 5.82 Å². The maximum Gasteiger partial charge on any atom is 0.261 e. The van der Waals surface area contributed by atoms with E-state index in [1.807, 2.05) is 19.1 Å². The lowest BCUT2D eigenvalue weighted by atomic mass is 10.1. The van der Waals surface area contributed by atoms with Gasteiger partial charge in [0, 0.05) is 6.42 Å². The van der Waals surface area contributed by atoms with Gasteiger partial charge in [0.2, 0.25) is 0 Å². The quantitative estimate of drug-likeness (QED) is 0.860. The Labute approximate surface area is 93.9 Å². The van der Waals surface area contributed by atoms with Crippen LogP contribution in [0.4, 0.5) is 0 Å². The molecule has 0 radical (unpaired) electrons. The summed E-state index contributed by atoms with van der Waals surface area (Å²) in [6.45, 7) is 3.89. The van der Waals surface area contributed by atoms with Gasteiger partial charge in [0.05, 0.1) is 5.56 Å². The van der Waals surface area contributed by atoms with E-state index < -0.39 is 0 Å². The average molecular weight is 218 g/mol. The highest BCUT2D eigenvalue weighted by Gasteiger charge is 2.13. The van der Waals surface area contributed by atoms with Gasteiger partial charge >= 0.3 is 0 Å². The standard InChI is InChI=1S/C12H14N2O2/c1-3-5-10-13-12(16-14-10)9-7-4-6-8(2)11(9)15/h4,6-7,15H,3,5H2,1-2H3. The molecule has 0 aliphatic rings. The summed E-state index contributed by atoms with van der Waals surface area (Å²) < 4.78 is 5.12. The fourth-order valence-electron chi connectivity index (χ4n) is 1.52. The molecule has 0 fully saturated rings. The number of para-hydroxylation sites is 1. The van der Waals surface area contributed by atoms with E-state index in [0.29, 0.717) is 17.3 Å². The van der Waals surface area contributed by atoms with E-state index in [9.17, 15) is 5.11 Å². The Morgan fingerprint density at radius 2 is 2.19 bits per heavy atom. The molecule has 84 valence electrons. The lowest BCUT2D eigenvalue weighted by molar-refractivity contribution is 0.416. The van der Waals surface area contributed by atoms with Crippen molar-refractivity contribution in [2.75, 3.05) is 0 Å². The predicted molar refractivity (Wildman–Crippen MR) is 60.1 cm³/mol. The number of benzene rings is 1. The summed E-state index contributed by atoms with van der Waals surface area (Å²) >= 11 is 0. The van der Waals surface area contributed by atoms with Gasteiger partial charge in [-0.05, 0) is 25.0 Å². The summed E-state index contributed by atoms with van der Waals surface area (Å²) in [4.78, 5) is 4.23. The highest BCUT2D eigenvalue weighted by Crippen LogP contribution is 2.30. The lowest BCUT2D eigenvalue weighted by Crippen LogP contribution is -1.86. The van der Waals surface area contributed by atoms with Crippen LogP contribution < -0.4 is 0 Å². The highest BCUT2D eigenvalue weighted by atomic mass is 16.5. The zero-order chi connectivity index (χ0) is 11.5. The van der Waals surface area contributed by atoms with Gasteiger partial charge < -0.3 is 9.63 Å². The molecule has 0 spiro atoms. The second-order valence-electron chi connectivity index (χ2n) is 3.74. The molecule has 0 saturated heterocycles. The average Bonchev–Trinajstić information content (AvgIpc) is 2.71. The minimum atomic E-state index is 0.203. The Morgan fingerprint density at radius 3 is 2.94 bits per heavy atom. The van der Waals surface area contributed by atoms with E-state index in [0.717, 1.165) is 18.4 Å². The monoisotopic (exact) mass is 218 g/mol. The maximum atomic E-state index is 9.86. The molecule has 1 heterocycles. The highest BCUT2D eigenvalue weighted by molar-refractivity contribution is 5.64. The number of phenolic OH excluding ortho intramolecular Hbond substituents is 1. The molecule has 0 aliphatic heterocycles. The van der Waals surface area contributed by atoms with Crippen molar-refractivity contribution in [1.29, 1.82) is 0 Å². The van der Waals surface area contributed by atoms with Crippen LogP contribution in [0, 0.1) is 6.92 Å². The third-order valence-electron chi connectivity index (χ3n) is 2.41. The van der Waals surface area contributed by atoms with Crippen molar-refractivity contribution < 1.29 is 9.63 Å². The number of aryl methyl sites for hydroxylation is 2. The Balaban J connectivity index is 2.39. The van der Waals surface area contributed by atoms with E-state index in [1.54, 1.807) is 6.07 Å². The van der Waals surface area contributed by atoms with Gasteiger partial charge in [0.25, 0.3) is 5.89 Å². The number of rotatable bonds is 3. The molecule has 4 nitrogen and oxygen atoms in total. The molecule has 2 aromatic rings. The molecule has 1 N–H and O–H groups in total. The first-order valence-electron chi connectivity index (χ1n) is 5.34. The molecule has 1 aromatic carbocycles. The fraction of sp³-hybridized carbons (Fsp3) is 0.333. The van der Waals surface area contributed by atoms with Gasteiger partial charge in [-0.15, -0.1) is 0 Å². The largest absolute Gasteiger partial charge is 0.507 e. The van der Waals surface area contributed by atoms with Crippen molar-refractivity contribution in [2.45, 2.75) is 26.7 Å². The number of phenols is 1. The van der Waals surface area contributed by atoms with Crippen LogP contribution >= 0.6 is 0 Å². The molecule has 0 bridgehead atoms. The topological polar surface area (TPSA) is 59.2 Å². The van der Waals surface area contributed by atoms with Crippen LogP contribution in [0.15, 0.2) is 22.7 Å². The Bertz CT molecular complexity index is 492. The number of aromatic hydroxyl groups is 1. The van der Waals surface area contributed by atoms with Crippen LogP contribution in [0.3, 0.4) is 0 Å². The van der Waals surface area contributed by atoms with E-state index in [1.165, 1.54) is 0 Å². The first-order chi connectivity index (χ1) is 7.72. The Morgan fingerprint density at radius 1 is 1.38 bits per heavy atom. The first kappa shape index (κ1) is 10.7. The third kappa shape index (κ3) is 1.91. The van der Waals surface area contributed by atoms with Gasteiger partial charge in [-0.25, -0.2) is 0 Å². The van der Waals surface area contributed by atoms with E-state index >= 15 is 0 Å². The molecule has 2 rings (SSSR count). The molecule has 1 aromatic heterocycles. The Hall–Kier alpha value is -1.84. The summed E-state index contributed by atoms with van der Waals surface area (Å²) in [5, 5.41) is 13.7. The zero-order valence-electron chi connectivity index (χ0n) is 9.40. The molecule has 16 heavy (non-hydrogen) atoms. The van der Waals surface area contributed by atoms with Crippen LogP contribution in [0.5, 0.6) is 5.75 Å². The van der Waals surface area contributed by atoms with Crippen molar-refractivity contribution in [3.8, 4) is 17.2 Å². The first-order valence-corrected chi connectivity index (χ1v) is 5.34. The van der Waals surface area contributed by atoms with E-state index in [4.69, 9.17) is 4.52 Å². The molecule has 0 atom stereocenters. The summed E-state index contributed by atoms with van der Waals surface area (Å²) in [6, 6.07) is 5.46. The second kappa shape index (κ2) is 4.35. The van der Waals surface area contributed by atoms with Crippen LogP contribution in [-0.4, -0.2) is 15.2 Å². The maximum absolute atomic E-state index is 9.86. The van der Waals surface area contributed by atoms with Crippen molar-refractivity contribution in [3.63, 3.8) is 0 Å². The number of aromatic nitrogens is 2. The minimum absolute atomic E-state index is 0.203. The SMILES string of the molecule is CCCc1noc(-c2cccc(C)c2O)n1. The zero-order valence-corrected chi connectivity index (χ0v) is 9.40. The second-order valence-corrected chi connectivity index (χ2v) is 3.74. The van der Waals surface area contributed by atoms with Crippen LogP contribution in [0.1, 0.15) is 24.7 Å². The van der Waals surface area contributed by atoms with E-state index in [2.05, 4.69) is 17.1 Å². The molecule has 0 unspecified atom stereocenters. The molecule has 4 heteroatoms.